The Balaban J connectivity index is 2.43. The van der Waals surface area contributed by atoms with Gasteiger partial charge in [-0.05, 0) is 37.5 Å². The van der Waals surface area contributed by atoms with Crippen molar-refractivity contribution < 1.29 is 9.90 Å². The molecule has 2 nitrogen and oxygen atoms in total. The number of aliphatic carboxylic acids is 1. The molecule has 1 aliphatic carbocycles. The number of rotatable bonds is 6. The Morgan fingerprint density at radius 3 is 2.38 bits per heavy atom. The summed E-state index contributed by atoms with van der Waals surface area (Å²) < 4.78 is 0. The van der Waals surface area contributed by atoms with Gasteiger partial charge in [0, 0.05) is 0 Å². The Kier molecular flexibility index (Phi) is 5.86. The van der Waals surface area contributed by atoms with Crippen molar-refractivity contribution in [2.24, 2.45) is 17.8 Å². The third-order valence-corrected chi connectivity index (χ3v) is 4.20. The van der Waals surface area contributed by atoms with Crippen LogP contribution in [-0.4, -0.2) is 11.1 Å². The van der Waals surface area contributed by atoms with Crippen molar-refractivity contribution >= 4 is 5.97 Å². The molecule has 94 valence electrons. The first-order chi connectivity index (χ1) is 7.65. The molecule has 1 saturated carbocycles. The number of hydrogen-bond donors (Lipinski definition) is 1. The van der Waals surface area contributed by atoms with Gasteiger partial charge >= 0.3 is 5.97 Å². The van der Waals surface area contributed by atoms with Crippen LogP contribution >= 0.6 is 0 Å². The van der Waals surface area contributed by atoms with Crippen molar-refractivity contribution in [3.63, 3.8) is 0 Å². The molecule has 0 spiro atoms. The van der Waals surface area contributed by atoms with E-state index in [1.54, 1.807) is 0 Å². The molecule has 2 heteroatoms. The summed E-state index contributed by atoms with van der Waals surface area (Å²) in [5.74, 6) is 0.491. The average Bonchev–Trinajstić information content (AvgIpc) is 2.30. The van der Waals surface area contributed by atoms with E-state index in [9.17, 15) is 9.90 Å². The van der Waals surface area contributed by atoms with Gasteiger partial charge in [-0.3, -0.25) is 4.79 Å². The molecule has 0 aromatic carbocycles. The Morgan fingerprint density at radius 2 is 1.88 bits per heavy atom. The lowest BCUT2D eigenvalue weighted by molar-refractivity contribution is -0.144. The highest BCUT2D eigenvalue weighted by molar-refractivity contribution is 5.70. The van der Waals surface area contributed by atoms with Gasteiger partial charge in [0.05, 0.1) is 5.92 Å². The standard InChI is InChI=1S/C14H26O2/c1-3-11(2)9-10-13(14(15)16)12-7-5-4-6-8-12/h11-13H,3-10H2,1-2H3,(H,15,16). The molecule has 1 rings (SSSR count). The molecule has 0 aromatic heterocycles. The summed E-state index contributed by atoms with van der Waals surface area (Å²) in [7, 11) is 0. The van der Waals surface area contributed by atoms with E-state index in [4.69, 9.17) is 0 Å². The maximum atomic E-state index is 11.3. The highest BCUT2D eigenvalue weighted by Crippen LogP contribution is 2.33. The van der Waals surface area contributed by atoms with Crippen LogP contribution in [0.1, 0.15) is 65.2 Å². The molecule has 0 aliphatic heterocycles. The predicted molar refractivity (Wildman–Crippen MR) is 66.4 cm³/mol. The van der Waals surface area contributed by atoms with Gasteiger partial charge in [0.15, 0.2) is 0 Å². The molecule has 1 aliphatic rings. The molecule has 2 unspecified atom stereocenters. The van der Waals surface area contributed by atoms with Gasteiger partial charge in [0.1, 0.15) is 0 Å². The lowest BCUT2D eigenvalue weighted by Gasteiger charge is -2.28. The number of carboxylic acid groups (broad SMARTS) is 1. The lowest BCUT2D eigenvalue weighted by Crippen LogP contribution is -2.26. The minimum absolute atomic E-state index is 0.0747. The van der Waals surface area contributed by atoms with Gasteiger partial charge in [-0.1, -0.05) is 39.5 Å². The quantitative estimate of drug-likeness (QED) is 0.740. The minimum atomic E-state index is -0.560. The van der Waals surface area contributed by atoms with Crippen molar-refractivity contribution in [1.82, 2.24) is 0 Å². The lowest BCUT2D eigenvalue weighted by atomic mass is 9.77. The van der Waals surface area contributed by atoms with E-state index in [1.807, 2.05) is 0 Å². The van der Waals surface area contributed by atoms with E-state index in [0.717, 1.165) is 32.1 Å². The Hall–Kier alpha value is -0.530. The molecular weight excluding hydrogens is 200 g/mol. The molecule has 0 aromatic rings. The topological polar surface area (TPSA) is 37.3 Å². The largest absolute Gasteiger partial charge is 0.481 e. The van der Waals surface area contributed by atoms with E-state index < -0.39 is 5.97 Å². The molecular formula is C14H26O2. The van der Waals surface area contributed by atoms with Crippen molar-refractivity contribution in [1.29, 1.82) is 0 Å². The van der Waals surface area contributed by atoms with E-state index in [1.165, 1.54) is 19.3 Å². The fraction of sp³-hybridized carbons (Fsp3) is 0.929. The third-order valence-electron chi connectivity index (χ3n) is 4.20. The summed E-state index contributed by atoms with van der Waals surface area (Å²) in [6.07, 6.45) is 9.16. The maximum absolute atomic E-state index is 11.3. The van der Waals surface area contributed by atoms with Gasteiger partial charge in [0.2, 0.25) is 0 Å². The summed E-state index contributed by atoms with van der Waals surface area (Å²) in [6.45, 7) is 4.40. The van der Waals surface area contributed by atoms with Crippen LogP contribution in [0.2, 0.25) is 0 Å². The van der Waals surface area contributed by atoms with Crippen molar-refractivity contribution in [3.05, 3.63) is 0 Å². The van der Waals surface area contributed by atoms with Crippen LogP contribution in [0.15, 0.2) is 0 Å². The van der Waals surface area contributed by atoms with Gasteiger partial charge in [-0.25, -0.2) is 0 Å². The first-order valence-electron chi connectivity index (χ1n) is 6.88. The van der Waals surface area contributed by atoms with Crippen LogP contribution in [0, 0.1) is 17.8 Å². The van der Waals surface area contributed by atoms with Crippen LogP contribution in [0.3, 0.4) is 0 Å². The van der Waals surface area contributed by atoms with Crippen LogP contribution in [0.5, 0.6) is 0 Å². The van der Waals surface area contributed by atoms with Crippen molar-refractivity contribution in [3.8, 4) is 0 Å². The van der Waals surface area contributed by atoms with Crippen LogP contribution in [0.25, 0.3) is 0 Å². The predicted octanol–water partition coefficient (Wildman–Crippen LogP) is 4.09. The minimum Gasteiger partial charge on any atom is -0.481 e. The first-order valence-corrected chi connectivity index (χ1v) is 6.88. The SMILES string of the molecule is CCC(C)CCC(C(=O)O)C1CCCCC1. The molecule has 0 saturated heterocycles. The second-order valence-electron chi connectivity index (χ2n) is 5.43. The normalized spacial score (nSPS) is 21.6. The summed E-state index contributed by atoms with van der Waals surface area (Å²) in [5.41, 5.74) is 0. The third kappa shape index (κ3) is 4.15. The van der Waals surface area contributed by atoms with Crippen molar-refractivity contribution in [2.75, 3.05) is 0 Å². The smallest absolute Gasteiger partial charge is 0.306 e. The van der Waals surface area contributed by atoms with Gasteiger partial charge < -0.3 is 5.11 Å². The Bertz CT molecular complexity index is 207. The monoisotopic (exact) mass is 226 g/mol. The van der Waals surface area contributed by atoms with Crippen LogP contribution in [0.4, 0.5) is 0 Å². The molecule has 1 fully saturated rings. The summed E-state index contributed by atoms with van der Waals surface area (Å²) in [4.78, 5) is 11.3. The maximum Gasteiger partial charge on any atom is 0.306 e. The number of carbonyl (C=O) groups is 1. The summed E-state index contributed by atoms with van der Waals surface area (Å²) in [5, 5.41) is 9.31. The van der Waals surface area contributed by atoms with Crippen LogP contribution in [-0.2, 0) is 4.79 Å². The zero-order chi connectivity index (χ0) is 12.0. The highest BCUT2D eigenvalue weighted by Gasteiger charge is 2.29. The zero-order valence-corrected chi connectivity index (χ0v) is 10.7. The van der Waals surface area contributed by atoms with Crippen molar-refractivity contribution in [2.45, 2.75) is 65.2 Å². The van der Waals surface area contributed by atoms with Crippen LogP contribution < -0.4 is 0 Å². The molecule has 1 N–H and O–H groups in total. The molecule has 0 radical (unpaired) electrons. The van der Waals surface area contributed by atoms with E-state index >= 15 is 0 Å². The molecule has 0 amide bonds. The molecule has 2 atom stereocenters. The second kappa shape index (κ2) is 6.93. The fourth-order valence-corrected chi connectivity index (χ4v) is 2.77. The van der Waals surface area contributed by atoms with Gasteiger partial charge in [-0.2, -0.15) is 0 Å². The zero-order valence-electron chi connectivity index (χ0n) is 10.7. The Labute approximate surface area is 99.4 Å². The number of carboxylic acids is 1. The van der Waals surface area contributed by atoms with E-state index in [-0.39, 0.29) is 5.92 Å². The fourth-order valence-electron chi connectivity index (χ4n) is 2.77. The highest BCUT2D eigenvalue weighted by atomic mass is 16.4. The molecule has 0 heterocycles. The first kappa shape index (κ1) is 13.5. The Morgan fingerprint density at radius 1 is 1.25 bits per heavy atom. The molecule has 16 heavy (non-hydrogen) atoms. The molecule has 0 bridgehead atoms. The van der Waals surface area contributed by atoms with E-state index in [0.29, 0.717) is 11.8 Å². The summed E-state index contributed by atoms with van der Waals surface area (Å²) in [6, 6.07) is 0. The van der Waals surface area contributed by atoms with E-state index in [2.05, 4.69) is 13.8 Å². The average molecular weight is 226 g/mol. The number of hydrogen-bond acceptors (Lipinski definition) is 1. The van der Waals surface area contributed by atoms with Gasteiger partial charge in [-0.15, -0.1) is 0 Å². The second-order valence-corrected chi connectivity index (χ2v) is 5.43. The summed E-state index contributed by atoms with van der Waals surface area (Å²) >= 11 is 0. The van der Waals surface area contributed by atoms with Gasteiger partial charge in [0.25, 0.3) is 0 Å².